The largest absolute Gasteiger partial charge is 0.350 e. The summed E-state index contributed by atoms with van der Waals surface area (Å²) in [7, 11) is 0. The first-order valence-electron chi connectivity index (χ1n) is 10.6. The molecular weight excluding hydrogens is 400 g/mol. The first kappa shape index (κ1) is 21.3. The summed E-state index contributed by atoms with van der Waals surface area (Å²) in [5, 5.41) is 4.34. The van der Waals surface area contributed by atoms with Gasteiger partial charge in [0.15, 0.2) is 0 Å². The normalized spacial score (nSPS) is 11.1. The van der Waals surface area contributed by atoms with Crippen molar-refractivity contribution in [2.45, 2.75) is 38.0 Å². The number of aryl methyl sites for hydroxylation is 3. The number of nitrogens with one attached hydrogen (secondary N) is 1. The van der Waals surface area contributed by atoms with Crippen LogP contribution in [-0.2, 0) is 12.3 Å². The van der Waals surface area contributed by atoms with Crippen molar-refractivity contribution < 1.29 is 4.79 Å². The molecule has 1 heterocycles. The van der Waals surface area contributed by atoms with Crippen molar-refractivity contribution in [3.63, 3.8) is 0 Å². The second kappa shape index (κ2) is 9.44. The average Bonchev–Trinajstić information content (AvgIpc) is 3.09. The molecule has 4 aromatic rings. The zero-order valence-electron chi connectivity index (χ0n) is 18.3. The third-order valence-electron chi connectivity index (χ3n) is 5.35. The number of nitrogens with zero attached hydrogens (tertiary/aromatic N) is 1. The van der Waals surface area contributed by atoms with Crippen molar-refractivity contribution in [2.24, 2.45) is 0 Å². The smallest absolute Gasteiger partial charge is 0.251 e. The minimum Gasteiger partial charge on any atom is -0.350 e. The minimum atomic E-state index is -0.0164. The molecule has 0 aliphatic heterocycles. The van der Waals surface area contributed by atoms with Crippen molar-refractivity contribution in [1.29, 1.82) is 0 Å². The van der Waals surface area contributed by atoms with Crippen LogP contribution in [0.15, 0.2) is 77.8 Å². The number of fused-ring (bicyclic) bond motifs is 1. The SMILES string of the molecule is Cc1cccc(CSc2cn(CCNC(=O)c3cc(C)cc(C)c3)c3ccccc23)c1. The number of carbonyl (C=O) groups excluding carboxylic acids is 1. The zero-order chi connectivity index (χ0) is 21.8. The van der Waals surface area contributed by atoms with Gasteiger partial charge < -0.3 is 9.88 Å². The number of aromatic nitrogens is 1. The van der Waals surface area contributed by atoms with Gasteiger partial charge in [-0.25, -0.2) is 0 Å². The lowest BCUT2D eigenvalue weighted by Crippen LogP contribution is -2.27. The van der Waals surface area contributed by atoms with Gasteiger partial charge in [-0.05, 0) is 44.5 Å². The Morgan fingerprint density at radius 1 is 0.903 bits per heavy atom. The van der Waals surface area contributed by atoms with E-state index < -0.39 is 0 Å². The Morgan fingerprint density at radius 2 is 1.68 bits per heavy atom. The standard InChI is InChI=1S/C27H28N2OS/c1-19-7-6-8-22(14-19)18-31-26-17-29(25-10-5-4-9-24(25)26)12-11-28-27(30)23-15-20(2)13-21(3)16-23/h4-10,13-17H,11-12,18H2,1-3H3,(H,28,30). The third-order valence-corrected chi connectivity index (χ3v) is 6.46. The highest BCUT2D eigenvalue weighted by molar-refractivity contribution is 7.98. The van der Waals surface area contributed by atoms with Crippen molar-refractivity contribution in [2.75, 3.05) is 6.54 Å². The van der Waals surface area contributed by atoms with Gasteiger partial charge in [0.1, 0.15) is 0 Å². The molecule has 4 heteroatoms. The Labute approximate surface area is 188 Å². The fraction of sp³-hybridized carbons (Fsp3) is 0.222. The Kier molecular flexibility index (Phi) is 6.47. The first-order valence-corrected chi connectivity index (χ1v) is 11.6. The summed E-state index contributed by atoms with van der Waals surface area (Å²) in [5.41, 5.74) is 6.77. The van der Waals surface area contributed by atoms with Crippen LogP contribution in [0, 0.1) is 20.8 Å². The molecule has 0 spiro atoms. The van der Waals surface area contributed by atoms with E-state index in [0.29, 0.717) is 6.54 Å². The molecule has 0 saturated carbocycles. The molecule has 0 atom stereocenters. The van der Waals surface area contributed by atoms with Gasteiger partial charge in [0.2, 0.25) is 0 Å². The maximum Gasteiger partial charge on any atom is 0.251 e. The van der Waals surface area contributed by atoms with E-state index >= 15 is 0 Å². The van der Waals surface area contributed by atoms with Crippen LogP contribution in [0.2, 0.25) is 0 Å². The summed E-state index contributed by atoms with van der Waals surface area (Å²) in [4.78, 5) is 13.8. The summed E-state index contributed by atoms with van der Waals surface area (Å²) < 4.78 is 2.25. The molecule has 0 aliphatic carbocycles. The zero-order valence-corrected chi connectivity index (χ0v) is 19.1. The van der Waals surface area contributed by atoms with Crippen LogP contribution in [0.4, 0.5) is 0 Å². The fourth-order valence-corrected chi connectivity index (χ4v) is 5.01. The predicted octanol–water partition coefficient (Wildman–Crippen LogP) is 6.29. The molecule has 3 nitrogen and oxygen atoms in total. The van der Waals surface area contributed by atoms with Crippen LogP contribution in [0.1, 0.15) is 32.6 Å². The highest BCUT2D eigenvalue weighted by Crippen LogP contribution is 2.32. The van der Waals surface area contributed by atoms with E-state index in [2.05, 4.69) is 77.6 Å². The van der Waals surface area contributed by atoms with E-state index in [-0.39, 0.29) is 5.91 Å². The monoisotopic (exact) mass is 428 g/mol. The van der Waals surface area contributed by atoms with Crippen LogP contribution in [0.3, 0.4) is 0 Å². The van der Waals surface area contributed by atoms with Crippen LogP contribution in [0.5, 0.6) is 0 Å². The van der Waals surface area contributed by atoms with Gasteiger partial charge in [-0.1, -0.05) is 65.2 Å². The van der Waals surface area contributed by atoms with Gasteiger partial charge >= 0.3 is 0 Å². The number of thioether (sulfide) groups is 1. The molecule has 3 aromatic carbocycles. The number of rotatable bonds is 7. The second-order valence-corrected chi connectivity index (χ2v) is 9.13. The van der Waals surface area contributed by atoms with Gasteiger partial charge in [0.05, 0.1) is 0 Å². The Balaban J connectivity index is 1.45. The van der Waals surface area contributed by atoms with Gasteiger partial charge in [-0.2, -0.15) is 0 Å². The van der Waals surface area contributed by atoms with Gasteiger partial charge in [0.25, 0.3) is 5.91 Å². The second-order valence-electron chi connectivity index (χ2n) is 8.11. The van der Waals surface area contributed by atoms with Crippen LogP contribution >= 0.6 is 11.8 Å². The Hall–Kier alpha value is -2.98. The molecule has 0 saturated heterocycles. The lowest BCUT2D eigenvalue weighted by atomic mass is 10.1. The van der Waals surface area contributed by atoms with Crippen molar-refractivity contribution in [1.82, 2.24) is 9.88 Å². The molecule has 1 amide bonds. The number of benzene rings is 3. The molecular formula is C27H28N2OS. The van der Waals surface area contributed by atoms with E-state index in [1.165, 1.54) is 26.9 Å². The van der Waals surface area contributed by atoms with Crippen molar-refractivity contribution in [3.8, 4) is 0 Å². The maximum absolute atomic E-state index is 12.6. The molecule has 0 bridgehead atoms. The first-order chi connectivity index (χ1) is 15.0. The highest BCUT2D eigenvalue weighted by atomic mass is 32.2. The Morgan fingerprint density at radius 3 is 2.45 bits per heavy atom. The van der Waals surface area contributed by atoms with Crippen LogP contribution in [0.25, 0.3) is 10.9 Å². The minimum absolute atomic E-state index is 0.0164. The van der Waals surface area contributed by atoms with E-state index in [9.17, 15) is 4.79 Å². The molecule has 31 heavy (non-hydrogen) atoms. The van der Waals surface area contributed by atoms with Crippen molar-refractivity contribution >= 4 is 28.6 Å². The van der Waals surface area contributed by atoms with Gasteiger partial charge in [-0.15, -0.1) is 11.8 Å². The molecule has 0 aliphatic rings. The lowest BCUT2D eigenvalue weighted by molar-refractivity contribution is 0.0952. The topological polar surface area (TPSA) is 34.0 Å². The summed E-state index contributed by atoms with van der Waals surface area (Å²) in [6, 6.07) is 23.1. The molecule has 1 aromatic heterocycles. The lowest BCUT2D eigenvalue weighted by Gasteiger charge is -2.09. The number of hydrogen-bond donors (Lipinski definition) is 1. The Bertz CT molecular complexity index is 1200. The molecule has 4 rings (SSSR count). The summed E-state index contributed by atoms with van der Waals surface area (Å²) >= 11 is 1.86. The molecule has 0 radical (unpaired) electrons. The molecule has 0 fully saturated rings. The number of amides is 1. The van der Waals surface area contributed by atoms with E-state index in [0.717, 1.165) is 29.0 Å². The van der Waals surface area contributed by atoms with E-state index in [4.69, 9.17) is 0 Å². The number of para-hydroxylation sites is 1. The van der Waals surface area contributed by atoms with Crippen LogP contribution in [-0.4, -0.2) is 17.0 Å². The average molecular weight is 429 g/mol. The quantitative estimate of drug-likeness (QED) is 0.351. The molecule has 0 unspecified atom stereocenters. The highest BCUT2D eigenvalue weighted by Gasteiger charge is 2.10. The van der Waals surface area contributed by atoms with Crippen LogP contribution < -0.4 is 5.32 Å². The number of carbonyl (C=O) groups is 1. The van der Waals surface area contributed by atoms with E-state index in [1.54, 1.807) is 0 Å². The predicted molar refractivity (Wildman–Crippen MR) is 131 cm³/mol. The summed E-state index contributed by atoms with van der Waals surface area (Å²) in [6.45, 7) is 7.50. The van der Waals surface area contributed by atoms with Gasteiger partial charge in [0, 0.05) is 46.4 Å². The van der Waals surface area contributed by atoms with E-state index in [1.807, 2.05) is 37.7 Å². The summed E-state index contributed by atoms with van der Waals surface area (Å²) in [5.74, 6) is 0.927. The maximum atomic E-state index is 12.6. The van der Waals surface area contributed by atoms with Crippen molar-refractivity contribution in [3.05, 3.63) is 101 Å². The molecule has 158 valence electrons. The number of hydrogen-bond acceptors (Lipinski definition) is 2. The molecule has 1 N–H and O–H groups in total. The summed E-state index contributed by atoms with van der Waals surface area (Å²) in [6.07, 6.45) is 2.22. The third kappa shape index (κ3) is 5.20. The van der Waals surface area contributed by atoms with Gasteiger partial charge in [-0.3, -0.25) is 4.79 Å². The fourth-order valence-electron chi connectivity index (χ4n) is 3.97.